The smallest absolute Gasteiger partial charge is 0.268 e. The number of hydrogen-bond acceptors (Lipinski definition) is 3. The van der Waals surface area contributed by atoms with E-state index >= 15 is 0 Å². The van der Waals surface area contributed by atoms with Crippen molar-refractivity contribution in [1.82, 2.24) is 15.2 Å². The minimum atomic E-state index is -0.165. The highest BCUT2D eigenvalue weighted by molar-refractivity contribution is 6.04. The summed E-state index contributed by atoms with van der Waals surface area (Å²) in [4.78, 5) is 41.5. The number of amides is 2. The molecule has 1 aliphatic carbocycles. The molecule has 1 aromatic rings. The number of ketones is 1. The molecule has 0 saturated carbocycles. The van der Waals surface area contributed by atoms with Crippen LogP contribution in [-0.4, -0.2) is 47.1 Å². The molecular formula is C19H27N3O3. The number of H-pyrrole nitrogens is 1. The van der Waals surface area contributed by atoms with Crippen LogP contribution in [0.25, 0.3) is 0 Å². The van der Waals surface area contributed by atoms with Crippen molar-refractivity contribution in [3.8, 4) is 0 Å². The topological polar surface area (TPSA) is 82.3 Å². The average Bonchev–Trinajstić information content (AvgIpc) is 2.80. The Labute approximate surface area is 148 Å². The number of aryl methyl sites for hydroxylation is 1. The molecule has 1 saturated heterocycles. The third kappa shape index (κ3) is 3.94. The Kier molecular flexibility index (Phi) is 5.56. The Morgan fingerprint density at radius 2 is 1.96 bits per heavy atom. The maximum Gasteiger partial charge on any atom is 0.268 e. The normalized spacial score (nSPS) is 18.0. The molecule has 1 aliphatic heterocycles. The molecule has 2 N–H and O–H groups in total. The van der Waals surface area contributed by atoms with E-state index in [0.29, 0.717) is 37.2 Å². The van der Waals surface area contributed by atoms with Gasteiger partial charge in [-0.05, 0) is 44.6 Å². The number of aromatic amines is 1. The van der Waals surface area contributed by atoms with Gasteiger partial charge in [0.15, 0.2) is 5.78 Å². The first-order chi connectivity index (χ1) is 12.1. The van der Waals surface area contributed by atoms with E-state index < -0.39 is 0 Å². The van der Waals surface area contributed by atoms with Crippen molar-refractivity contribution in [1.29, 1.82) is 0 Å². The molecule has 2 heterocycles. The number of carbonyl (C=O) groups is 3. The van der Waals surface area contributed by atoms with Gasteiger partial charge in [-0.1, -0.05) is 6.42 Å². The Hall–Kier alpha value is -2.11. The van der Waals surface area contributed by atoms with Gasteiger partial charge in [0.2, 0.25) is 5.91 Å². The number of nitrogens with zero attached hydrogens (tertiary/aromatic N) is 1. The summed E-state index contributed by atoms with van der Waals surface area (Å²) in [5.74, 6) is 0.200. The molecule has 0 unspecified atom stereocenters. The van der Waals surface area contributed by atoms with Crippen LogP contribution in [-0.2, 0) is 11.2 Å². The van der Waals surface area contributed by atoms with Crippen LogP contribution >= 0.6 is 0 Å². The summed E-state index contributed by atoms with van der Waals surface area (Å²) in [5.41, 5.74) is 2.88. The number of fused-ring (bicyclic) bond motifs is 1. The van der Waals surface area contributed by atoms with Crippen LogP contribution in [0, 0.1) is 6.92 Å². The Bertz CT molecular complexity index is 678. The van der Waals surface area contributed by atoms with Gasteiger partial charge in [0.25, 0.3) is 5.91 Å². The lowest BCUT2D eigenvalue weighted by Gasteiger charge is -2.20. The molecule has 0 radical (unpaired) electrons. The first-order valence-electron chi connectivity index (χ1n) is 9.38. The number of carbonyl (C=O) groups excluding carboxylic acids is 3. The Morgan fingerprint density at radius 3 is 2.76 bits per heavy atom. The molecule has 0 spiro atoms. The molecule has 3 rings (SSSR count). The summed E-state index contributed by atoms with van der Waals surface area (Å²) in [6, 6.07) is 0. The van der Waals surface area contributed by atoms with E-state index in [9.17, 15) is 14.4 Å². The van der Waals surface area contributed by atoms with Gasteiger partial charge in [-0.25, -0.2) is 0 Å². The molecule has 6 heteroatoms. The summed E-state index contributed by atoms with van der Waals surface area (Å²) >= 11 is 0. The van der Waals surface area contributed by atoms with Crippen molar-refractivity contribution in [2.45, 2.75) is 58.3 Å². The first-order valence-corrected chi connectivity index (χ1v) is 9.38. The summed E-state index contributed by atoms with van der Waals surface area (Å²) in [5, 5.41) is 2.91. The molecule has 25 heavy (non-hydrogen) atoms. The number of nitrogens with one attached hydrogen (secondary N) is 2. The van der Waals surface area contributed by atoms with E-state index in [-0.39, 0.29) is 17.6 Å². The molecule has 0 aromatic carbocycles. The molecule has 136 valence electrons. The van der Waals surface area contributed by atoms with Crippen molar-refractivity contribution >= 4 is 17.6 Å². The van der Waals surface area contributed by atoms with Crippen molar-refractivity contribution in [3.63, 3.8) is 0 Å². The lowest BCUT2D eigenvalue weighted by atomic mass is 9.94. The second-order valence-corrected chi connectivity index (χ2v) is 7.06. The molecule has 1 fully saturated rings. The van der Waals surface area contributed by atoms with Crippen LogP contribution < -0.4 is 5.32 Å². The quantitative estimate of drug-likeness (QED) is 0.804. The largest absolute Gasteiger partial charge is 0.354 e. The van der Waals surface area contributed by atoms with Gasteiger partial charge in [0, 0.05) is 43.7 Å². The van der Waals surface area contributed by atoms with Gasteiger partial charge in [-0.2, -0.15) is 0 Å². The van der Waals surface area contributed by atoms with E-state index in [1.807, 2.05) is 11.8 Å². The molecule has 2 aliphatic rings. The molecule has 0 atom stereocenters. The predicted octanol–water partition coefficient (Wildman–Crippen LogP) is 2.36. The number of aromatic nitrogens is 1. The lowest BCUT2D eigenvalue weighted by molar-refractivity contribution is -0.130. The third-order valence-corrected chi connectivity index (χ3v) is 5.23. The van der Waals surface area contributed by atoms with E-state index in [2.05, 4.69) is 10.3 Å². The van der Waals surface area contributed by atoms with Gasteiger partial charge in [0.1, 0.15) is 5.69 Å². The maximum absolute atomic E-state index is 12.4. The monoisotopic (exact) mass is 345 g/mol. The predicted molar refractivity (Wildman–Crippen MR) is 94.8 cm³/mol. The first kappa shape index (κ1) is 17.7. The fraction of sp³-hybridized carbons (Fsp3) is 0.632. The van der Waals surface area contributed by atoms with E-state index in [0.717, 1.165) is 56.3 Å². The van der Waals surface area contributed by atoms with Crippen LogP contribution in [0.2, 0.25) is 0 Å². The summed E-state index contributed by atoms with van der Waals surface area (Å²) in [7, 11) is 0. The Balaban J connectivity index is 1.51. The minimum absolute atomic E-state index is 0.133. The van der Waals surface area contributed by atoms with Crippen LogP contribution in [0.3, 0.4) is 0 Å². The van der Waals surface area contributed by atoms with Crippen LogP contribution in [0.4, 0.5) is 0 Å². The van der Waals surface area contributed by atoms with E-state index in [1.54, 1.807) is 0 Å². The van der Waals surface area contributed by atoms with Gasteiger partial charge < -0.3 is 15.2 Å². The fourth-order valence-electron chi connectivity index (χ4n) is 3.84. The van der Waals surface area contributed by atoms with Gasteiger partial charge in [0.05, 0.1) is 0 Å². The highest BCUT2D eigenvalue weighted by atomic mass is 16.2. The zero-order chi connectivity index (χ0) is 17.8. The highest BCUT2D eigenvalue weighted by Crippen LogP contribution is 2.26. The highest BCUT2D eigenvalue weighted by Gasteiger charge is 2.26. The van der Waals surface area contributed by atoms with E-state index in [1.165, 1.54) is 0 Å². The maximum atomic E-state index is 12.4. The summed E-state index contributed by atoms with van der Waals surface area (Å²) in [6.07, 6.45) is 6.80. The fourth-order valence-corrected chi connectivity index (χ4v) is 3.84. The van der Waals surface area contributed by atoms with Crippen LogP contribution in [0.15, 0.2) is 0 Å². The van der Waals surface area contributed by atoms with Crippen LogP contribution in [0.5, 0.6) is 0 Å². The van der Waals surface area contributed by atoms with Crippen LogP contribution in [0.1, 0.15) is 77.0 Å². The van der Waals surface area contributed by atoms with Crippen molar-refractivity contribution < 1.29 is 14.4 Å². The summed E-state index contributed by atoms with van der Waals surface area (Å²) in [6.45, 7) is 3.89. The minimum Gasteiger partial charge on any atom is -0.354 e. The molecule has 6 nitrogen and oxygen atoms in total. The van der Waals surface area contributed by atoms with Crippen molar-refractivity contribution in [2.75, 3.05) is 19.6 Å². The molecule has 2 amide bonds. The van der Waals surface area contributed by atoms with Crippen molar-refractivity contribution in [3.05, 3.63) is 22.5 Å². The SMILES string of the molecule is Cc1c(C(=O)NCCCN2CCCCCC2=O)[nH]c2c1C(=O)CCC2. The molecule has 1 aromatic heterocycles. The van der Waals surface area contributed by atoms with Gasteiger partial charge in [-0.3, -0.25) is 14.4 Å². The van der Waals surface area contributed by atoms with Gasteiger partial charge in [-0.15, -0.1) is 0 Å². The third-order valence-electron chi connectivity index (χ3n) is 5.23. The number of Topliss-reactive ketones (excluding diaryl/α,β-unsaturated/α-hetero) is 1. The zero-order valence-corrected chi connectivity index (χ0v) is 15.0. The van der Waals surface area contributed by atoms with E-state index in [4.69, 9.17) is 0 Å². The second-order valence-electron chi connectivity index (χ2n) is 7.06. The van der Waals surface area contributed by atoms with Crippen molar-refractivity contribution in [2.24, 2.45) is 0 Å². The Morgan fingerprint density at radius 1 is 1.12 bits per heavy atom. The zero-order valence-electron chi connectivity index (χ0n) is 15.0. The average molecular weight is 345 g/mol. The number of rotatable bonds is 5. The van der Waals surface area contributed by atoms with Gasteiger partial charge >= 0.3 is 0 Å². The summed E-state index contributed by atoms with van der Waals surface area (Å²) < 4.78 is 0. The molecular weight excluding hydrogens is 318 g/mol. The standard InChI is InChI=1S/C19H27N3O3/c1-13-17-14(7-5-8-15(17)23)21-18(13)19(25)20-10-6-12-22-11-4-2-3-9-16(22)24/h21H,2-12H2,1H3,(H,20,25). The number of hydrogen-bond donors (Lipinski definition) is 2. The molecule has 0 bridgehead atoms. The number of likely N-dealkylation sites (tertiary alicyclic amines) is 1. The lowest BCUT2D eigenvalue weighted by Crippen LogP contribution is -2.34. The second kappa shape index (κ2) is 7.85.